The second-order valence-electron chi connectivity index (χ2n) is 4.70. The fourth-order valence-electron chi connectivity index (χ4n) is 2.07. The summed E-state index contributed by atoms with van der Waals surface area (Å²) in [5, 5.41) is 0. The van der Waals surface area contributed by atoms with Crippen LogP contribution < -0.4 is 10.5 Å². The van der Waals surface area contributed by atoms with E-state index in [0.29, 0.717) is 17.2 Å². The Balaban J connectivity index is 1.87. The Bertz CT molecular complexity index is 790. The highest BCUT2D eigenvalue weighted by Gasteiger charge is 2.09. The molecule has 0 radical (unpaired) electrons. The molecule has 3 rings (SSSR count). The van der Waals surface area contributed by atoms with Crippen LogP contribution in [0.15, 0.2) is 59.1 Å². The van der Waals surface area contributed by atoms with E-state index in [4.69, 9.17) is 14.9 Å². The Kier molecular flexibility index (Phi) is 3.62. The maximum Gasteiger partial charge on any atom is 0.248 e. The van der Waals surface area contributed by atoms with Gasteiger partial charge in [0, 0.05) is 16.7 Å². The van der Waals surface area contributed by atoms with Crippen molar-refractivity contribution in [1.82, 2.24) is 4.98 Å². The Morgan fingerprint density at radius 3 is 2.27 bits per heavy atom. The highest BCUT2D eigenvalue weighted by molar-refractivity contribution is 5.93. The van der Waals surface area contributed by atoms with Gasteiger partial charge in [-0.25, -0.2) is 4.98 Å². The molecule has 0 aliphatic heterocycles. The van der Waals surface area contributed by atoms with Gasteiger partial charge in [0.2, 0.25) is 11.8 Å². The third kappa shape index (κ3) is 2.69. The first-order chi connectivity index (χ1) is 10.7. The minimum absolute atomic E-state index is 0.450. The molecular formula is C17H14N2O3. The van der Waals surface area contributed by atoms with Crippen LogP contribution in [-0.2, 0) is 0 Å². The van der Waals surface area contributed by atoms with Crippen LogP contribution in [0.4, 0.5) is 0 Å². The van der Waals surface area contributed by atoms with Gasteiger partial charge in [0.15, 0.2) is 5.76 Å². The van der Waals surface area contributed by atoms with E-state index in [0.717, 1.165) is 16.9 Å². The molecule has 0 saturated carbocycles. The molecule has 0 bridgehead atoms. The third-order valence-corrected chi connectivity index (χ3v) is 3.30. The number of rotatable bonds is 4. The van der Waals surface area contributed by atoms with Crippen molar-refractivity contribution >= 4 is 5.91 Å². The van der Waals surface area contributed by atoms with Crippen molar-refractivity contribution in [3.63, 3.8) is 0 Å². The minimum atomic E-state index is -0.460. The average molecular weight is 294 g/mol. The van der Waals surface area contributed by atoms with Crippen LogP contribution in [0.3, 0.4) is 0 Å². The molecule has 0 saturated heterocycles. The SMILES string of the molecule is COc1ccc(-c2cnc(-c3ccc(C(N)=O)cc3)o2)cc1. The molecule has 1 heterocycles. The van der Waals surface area contributed by atoms with Gasteiger partial charge >= 0.3 is 0 Å². The zero-order valence-corrected chi connectivity index (χ0v) is 11.9. The number of amides is 1. The number of nitrogens with zero attached hydrogens (tertiary/aromatic N) is 1. The minimum Gasteiger partial charge on any atom is -0.497 e. The highest BCUT2D eigenvalue weighted by Crippen LogP contribution is 2.27. The van der Waals surface area contributed by atoms with Crippen molar-refractivity contribution < 1.29 is 13.9 Å². The number of benzene rings is 2. The Hall–Kier alpha value is -3.08. The van der Waals surface area contributed by atoms with Gasteiger partial charge < -0.3 is 14.9 Å². The van der Waals surface area contributed by atoms with E-state index in [9.17, 15) is 4.79 Å². The molecule has 0 atom stereocenters. The van der Waals surface area contributed by atoms with Gasteiger partial charge in [-0.2, -0.15) is 0 Å². The first-order valence-electron chi connectivity index (χ1n) is 6.68. The number of primary amides is 1. The Labute approximate surface area is 127 Å². The summed E-state index contributed by atoms with van der Waals surface area (Å²) < 4.78 is 10.9. The Morgan fingerprint density at radius 2 is 1.68 bits per heavy atom. The lowest BCUT2D eigenvalue weighted by molar-refractivity contribution is 0.100. The number of nitrogens with two attached hydrogens (primary N) is 1. The molecule has 0 fully saturated rings. The van der Waals surface area contributed by atoms with Gasteiger partial charge in [0.1, 0.15) is 5.75 Å². The summed E-state index contributed by atoms with van der Waals surface area (Å²) in [5.74, 6) is 1.47. The summed E-state index contributed by atoms with van der Waals surface area (Å²) in [6.45, 7) is 0. The molecule has 3 aromatic rings. The second kappa shape index (κ2) is 5.73. The van der Waals surface area contributed by atoms with E-state index in [1.165, 1.54) is 0 Å². The molecule has 0 spiro atoms. The first-order valence-corrected chi connectivity index (χ1v) is 6.68. The molecule has 1 amide bonds. The predicted octanol–water partition coefficient (Wildman–Crippen LogP) is 3.12. The number of hydrogen-bond donors (Lipinski definition) is 1. The molecule has 0 aliphatic rings. The van der Waals surface area contributed by atoms with E-state index >= 15 is 0 Å². The summed E-state index contributed by atoms with van der Waals surface area (Å²) in [6, 6.07) is 14.3. The maximum absolute atomic E-state index is 11.1. The van der Waals surface area contributed by atoms with Gasteiger partial charge in [0.25, 0.3) is 0 Å². The van der Waals surface area contributed by atoms with Gasteiger partial charge in [-0.3, -0.25) is 4.79 Å². The van der Waals surface area contributed by atoms with Crippen LogP contribution in [0.1, 0.15) is 10.4 Å². The summed E-state index contributed by atoms with van der Waals surface area (Å²) in [7, 11) is 1.62. The van der Waals surface area contributed by atoms with E-state index in [1.54, 1.807) is 37.6 Å². The molecule has 2 N–H and O–H groups in total. The first kappa shape index (κ1) is 13.9. The van der Waals surface area contributed by atoms with E-state index in [-0.39, 0.29) is 0 Å². The molecule has 110 valence electrons. The number of oxazole rings is 1. The lowest BCUT2D eigenvalue weighted by Crippen LogP contribution is -2.10. The summed E-state index contributed by atoms with van der Waals surface area (Å²) in [4.78, 5) is 15.3. The van der Waals surface area contributed by atoms with Crippen LogP contribution in [0.5, 0.6) is 5.75 Å². The molecule has 2 aromatic carbocycles. The fraction of sp³-hybridized carbons (Fsp3) is 0.0588. The van der Waals surface area contributed by atoms with Crippen molar-refractivity contribution in [1.29, 1.82) is 0 Å². The van der Waals surface area contributed by atoms with Gasteiger partial charge in [0.05, 0.1) is 13.3 Å². The molecule has 22 heavy (non-hydrogen) atoms. The number of methoxy groups -OCH3 is 1. The van der Waals surface area contributed by atoms with E-state index in [1.807, 2.05) is 24.3 Å². The number of aromatic nitrogens is 1. The van der Waals surface area contributed by atoms with Crippen molar-refractivity contribution in [3.05, 3.63) is 60.3 Å². The maximum atomic E-state index is 11.1. The zero-order chi connectivity index (χ0) is 15.5. The van der Waals surface area contributed by atoms with Crippen LogP contribution in [0.25, 0.3) is 22.8 Å². The lowest BCUT2D eigenvalue weighted by Gasteiger charge is -2.00. The number of hydrogen-bond acceptors (Lipinski definition) is 4. The third-order valence-electron chi connectivity index (χ3n) is 3.30. The van der Waals surface area contributed by atoms with Crippen molar-refractivity contribution in [2.75, 3.05) is 7.11 Å². The fourth-order valence-corrected chi connectivity index (χ4v) is 2.07. The summed E-state index contributed by atoms with van der Waals surface area (Å²) >= 11 is 0. The molecule has 0 unspecified atom stereocenters. The molecule has 1 aromatic heterocycles. The smallest absolute Gasteiger partial charge is 0.248 e. The topological polar surface area (TPSA) is 78.4 Å². The van der Waals surface area contributed by atoms with Gasteiger partial charge in [-0.1, -0.05) is 0 Å². The van der Waals surface area contributed by atoms with Gasteiger partial charge in [-0.15, -0.1) is 0 Å². The second-order valence-corrected chi connectivity index (χ2v) is 4.70. The average Bonchev–Trinajstić information content (AvgIpc) is 3.05. The standard InChI is InChI=1S/C17H14N2O3/c1-21-14-8-6-11(7-9-14)15-10-19-17(22-15)13-4-2-12(3-5-13)16(18)20/h2-10H,1H3,(H2,18,20). The zero-order valence-electron chi connectivity index (χ0n) is 11.9. The molecule has 5 nitrogen and oxygen atoms in total. The van der Waals surface area contributed by atoms with Crippen LogP contribution in [-0.4, -0.2) is 18.0 Å². The monoisotopic (exact) mass is 294 g/mol. The highest BCUT2D eigenvalue weighted by atomic mass is 16.5. The Morgan fingerprint density at radius 1 is 1.05 bits per heavy atom. The van der Waals surface area contributed by atoms with E-state index in [2.05, 4.69) is 4.98 Å². The summed E-state index contributed by atoms with van der Waals surface area (Å²) in [5.41, 5.74) is 7.36. The van der Waals surface area contributed by atoms with Crippen LogP contribution in [0, 0.1) is 0 Å². The lowest BCUT2D eigenvalue weighted by atomic mass is 10.1. The number of carbonyl (C=O) groups excluding carboxylic acids is 1. The normalized spacial score (nSPS) is 10.4. The van der Waals surface area contributed by atoms with Crippen molar-refractivity contribution in [3.8, 4) is 28.5 Å². The number of carbonyl (C=O) groups is 1. The quantitative estimate of drug-likeness (QED) is 0.802. The largest absolute Gasteiger partial charge is 0.497 e. The van der Waals surface area contributed by atoms with Crippen molar-refractivity contribution in [2.24, 2.45) is 5.73 Å². The van der Waals surface area contributed by atoms with Crippen LogP contribution in [0.2, 0.25) is 0 Å². The van der Waals surface area contributed by atoms with E-state index < -0.39 is 5.91 Å². The van der Waals surface area contributed by atoms with Crippen molar-refractivity contribution in [2.45, 2.75) is 0 Å². The molecular weight excluding hydrogens is 280 g/mol. The summed E-state index contributed by atoms with van der Waals surface area (Å²) in [6.07, 6.45) is 1.67. The molecule has 5 heteroatoms. The number of ether oxygens (including phenoxy) is 1. The predicted molar refractivity (Wildman–Crippen MR) is 82.4 cm³/mol. The van der Waals surface area contributed by atoms with Crippen LogP contribution >= 0.6 is 0 Å². The van der Waals surface area contributed by atoms with Gasteiger partial charge in [-0.05, 0) is 48.5 Å². The molecule has 0 aliphatic carbocycles.